The third-order valence-corrected chi connectivity index (χ3v) is 5.98. The molecule has 1 aromatic carbocycles. The number of carbonyl (C=O) groups is 2. The van der Waals surface area contributed by atoms with Gasteiger partial charge in [0.15, 0.2) is 0 Å². The third kappa shape index (κ3) is 4.08. The van der Waals surface area contributed by atoms with E-state index in [2.05, 4.69) is 0 Å². The Hall–Kier alpha value is -1.34. The molecule has 8 heteroatoms. The van der Waals surface area contributed by atoms with E-state index in [-0.39, 0.29) is 18.4 Å². The molecule has 0 radical (unpaired) electrons. The molecule has 0 atom stereocenters. The van der Waals surface area contributed by atoms with E-state index >= 15 is 0 Å². The number of piperazine rings is 1. The number of esters is 1. The molecule has 1 amide bonds. The Balaban J connectivity index is 1.67. The van der Waals surface area contributed by atoms with Gasteiger partial charge in [0.25, 0.3) is 5.91 Å². The summed E-state index contributed by atoms with van der Waals surface area (Å²) in [7, 11) is 0. The van der Waals surface area contributed by atoms with E-state index in [4.69, 9.17) is 27.9 Å². The number of hydrogen-bond donors (Lipinski definition) is 0. The number of ether oxygens (including phenoxy) is 1. The number of carbonyl (C=O) groups excluding carboxylic acids is 2. The Morgan fingerprint density at radius 2 is 1.92 bits per heavy atom. The number of nitrogens with zero attached hydrogens (tertiary/aromatic N) is 2. The molecule has 0 saturated carbocycles. The van der Waals surface area contributed by atoms with Crippen LogP contribution < -0.4 is 0 Å². The Morgan fingerprint density at radius 1 is 1.20 bits per heavy atom. The van der Waals surface area contributed by atoms with Crippen LogP contribution in [0.3, 0.4) is 0 Å². The average molecular weight is 401 g/mol. The molecule has 0 N–H and O–H groups in total. The standard InChI is InChI=1S/C17H18Cl2N2O3S/c1-2-24-14(22)10-20-5-7-21(8-6-20)17(23)16-15(19)12-4-3-11(18)9-13(12)25-16/h3-4,9H,2,5-8,10H2,1H3. The predicted octanol–water partition coefficient (Wildman–Crippen LogP) is 3.53. The fourth-order valence-corrected chi connectivity index (χ4v) is 4.57. The summed E-state index contributed by atoms with van der Waals surface area (Å²) in [6.07, 6.45) is 0. The highest BCUT2D eigenvalue weighted by Gasteiger charge is 2.26. The van der Waals surface area contributed by atoms with E-state index in [9.17, 15) is 9.59 Å². The molecule has 1 fully saturated rings. The number of benzene rings is 1. The van der Waals surface area contributed by atoms with E-state index in [1.807, 2.05) is 17.0 Å². The smallest absolute Gasteiger partial charge is 0.320 e. The normalized spacial score (nSPS) is 15.6. The van der Waals surface area contributed by atoms with Crippen LogP contribution in [0.5, 0.6) is 0 Å². The topological polar surface area (TPSA) is 49.9 Å². The van der Waals surface area contributed by atoms with Crippen LogP contribution in [-0.4, -0.2) is 61.0 Å². The molecule has 0 bridgehead atoms. The zero-order valence-corrected chi connectivity index (χ0v) is 16.1. The molecule has 5 nitrogen and oxygen atoms in total. The monoisotopic (exact) mass is 400 g/mol. The van der Waals surface area contributed by atoms with Crippen LogP contribution in [0.25, 0.3) is 10.1 Å². The van der Waals surface area contributed by atoms with Gasteiger partial charge in [-0.05, 0) is 19.1 Å². The van der Waals surface area contributed by atoms with Gasteiger partial charge in [-0.25, -0.2) is 0 Å². The summed E-state index contributed by atoms with van der Waals surface area (Å²) < 4.78 is 5.86. The van der Waals surface area contributed by atoms with Crippen LogP contribution in [0.1, 0.15) is 16.6 Å². The van der Waals surface area contributed by atoms with Gasteiger partial charge in [-0.2, -0.15) is 0 Å². The third-order valence-electron chi connectivity index (χ3n) is 4.10. The van der Waals surface area contributed by atoms with Crippen LogP contribution in [0, 0.1) is 0 Å². The van der Waals surface area contributed by atoms with Gasteiger partial charge >= 0.3 is 5.97 Å². The first-order valence-corrected chi connectivity index (χ1v) is 9.61. The van der Waals surface area contributed by atoms with Crippen molar-refractivity contribution < 1.29 is 14.3 Å². The molecule has 1 saturated heterocycles. The van der Waals surface area contributed by atoms with Crippen LogP contribution in [0.2, 0.25) is 10.0 Å². The lowest BCUT2D eigenvalue weighted by molar-refractivity contribution is -0.144. The van der Waals surface area contributed by atoms with Crippen molar-refractivity contribution in [3.05, 3.63) is 33.1 Å². The van der Waals surface area contributed by atoms with Crippen molar-refractivity contribution in [3.8, 4) is 0 Å². The number of rotatable bonds is 4. The first kappa shape index (κ1) is 18.5. The summed E-state index contributed by atoms with van der Waals surface area (Å²) >= 11 is 13.8. The molecule has 134 valence electrons. The predicted molar refractivity (Wildman–Crippen MR) is 101 cm³/mol. The van der Waals surface area contributed by atoms with Gasteiger partial charge < -0.3 is 9.64 Å². The first-order valence-electron chi connectivity index (χ1n) is 8.04. The van der Waals surface area contributed by atoms with Crippen LogP contribution in [0.4, 0.5) is 0 Å². The molecule has 3 rings (SSSR count). The summed E-state index contributed by atoms with van der Waals surface area (Å²) in [5, 5.41) is 1.95. The summed E-state index contributed by atoms with van der Waals surface area (Å²) in [5.74, 6) is -0.301. The SMILES string of the molecule is CCOC(=O)CN1CCN(C(=O)c2sc3cc(Cl)ccc3c2Cl)CC1. The lowest BCUT2D eigenvalue weighted by Gasteiger charge is -2.33. The molecule has 0 aliphatic carbocycles. The zero-order valence-electron chi connectivity index (χ0n) is 13.8. The van der Waals surface area contributed by atoms with Crippen LogP contribution in [-0.2, 0) is 9.53 Å². The van der Waals surface area contributed by atoms with Gasteiger partial charge in [-0.3, -0.25) is 14.5 Å². The first-order chi connectivity index (χ1) is 12.0. The number of halogens is 2. The molecule has 0 unspecified atom stereocenters. The van der Waals surface area contributed by atoms with Crippen molar-refractivity contribution in [2.24, 2.45) is 0 Å². The second-order valence-corrected chi connectivity index (χ2v) is 7.63. The van der Waals surface area contributed by atoms with Gasteiger partial charge in [0.05, 0.1) is 18.2 Å². The highest BCUT2D eigenvalue weighted by molar-refractivity contribution is 7.21. The van der Waals surface area contributed by atoms with Gasteiger partial charge in [-0.1, -0.05) is 29.3 Å². The Labute approximate surface area is 160 Å². The molecular formula is C17H18Cl2N2O3S. The molecule has 25 heavy (non-hydrogen) atoms. The van der Waals surface area contributed by atoms with E-state index in [1.54, 1.807) is 17.9 Å². The Morgan fingerprint density at radius 3 is 2.60 bits per heavy atom. The van der Waals surface area contributed by atoms with E-state index in [1.165, 1.54) is 11.3 Å². The van der Waals surface area contributed by atoms with Crippen molar-refractivity contribution in [2.45, 2.75) is 6.92 Å². The molecular weight excluding hydrogens is 383 g/mol. The van der Waals surface area contributed by atoms with E-state index in [0.29, 0.717) is 47.7 Å². The Bertz CT molecular complexity index is 801. The Kier molecular flexibility index (Phi) is 5.84. The summed E-state index contributed by atoms with van der Waals surface area (Å²) in [5.41, 5.74) is 0. The van der Waals surface area contributed by atoms with Gasteiger partial charge in [0.1, 0.15) is 4.88 Å². The second kappa shape index (κ2) is 7.91. The minimum Gasteiger partial charge on any atom is -0.465 e. The highest BCUT2D eigenvalue weighted by atomic mass is 35.5. The van der Waals surface area contributed by atoms with Gasteiger partial charge in [-0.15, -0.1) is 11.3 Å². The van der Waals surface area contributed by atoms with E-state index in [0.717, 1.165) is 10.1 Å². The van der Waals surface area contributed by atoms with Crippen LogP contribution in [0.15, 0.2) is 18.2 Å². The average Bonchev–Trinajstić information content (AvgIpc) is 2.91. The number of hydrogen-bond acceptors (Lipinski definition) is 5. The van der Waals surface area contributed by atoms with Gasteiger partial charge in [0.2, 0.25) is 0 Å². The molecule has 1 aliphatic rings. The molecule has 2 heterocycles. The lowest BCUT2D eigenvalue weighted by atomic mass is 10.2. The molecule has 2 aromatic rings. The van der Waals surface area contributed by atoms with E-state index < -0.39 is 0 Å². The van der Waals surface area contributed by atoms with Crippen molar-refractivity contribution >= 4 is 56.5 Å². The number of amides is 1. The van der Waals surface area contributed by atoms with Crippen molar-refractivity contribution in [2.75, 3.05) is 39.3 Å². The lowest BCUT2D eigenvalue weighted by Crippen LogP contribution is -2.50. The summed E-state index contributed by atoms with van der Waals surface area (Å²) in [6, 6.07) is 5.43. The molecule has 1 aromatic heterocycles. The fraction of sp³-hybridized carbons (Fsp3) is 0.412. The maximum absolute atomic E-state index is 12.8. The van der Waals surface area contributed by atoms with Crippen LogP contribution >= 0.6 is 34.5 Å². The quantitative estimate of drug-likeness (QED) is 0.736. The molecule has 0 spiro atoms. The summed E-state index contributed by atoms with van der Waals surface area (Å²) in [4.78, 5) is 28.7. The van der Waals surface area contributed by atoms with Crippen molar-refractivity contribution in [3.63, 3.8) is 0 Å². The number of fused-ring (bicyclic) bond motifs is 1. The maximum Gasteiger partial charge on any atom is 0.320 e. The minimum atomic E-state index is -0.230. The second-order valence-electron chi connectivity index (χ2n) is 5.76. The minimum absolute atomic E-state index is 0.0712. The zero-order chi connectivity index (χ0) is 18.0. The maximum atomic E-state index is 12.8. The van der Waals surface area contributed by atoms with Gasteiger partial charge in [0, 0.05) is 41.3 Å². The number of thiophene rings is 1. The summed E-state index contributed by atoms with van der Waals surface area (Å²) in [6.45, 7) is 4.82. The fourth-order valence-electron chi connectivity index (χ4n) is 2.82. The highest BCUT2D eigenvalue weighted by Crippen LogP contribution is 2.37. The van der Waals surface area contributed by atoms with Crippen molar-refractivity contribution in [1.29, 1.82) is 0 Å². The van der Waals surface area contributed by atoms with Crippen molar-refractivity contribution in [1.82, 2.24) is 9.80 Å². The molecule has 1 aliphatic heterocycles. The largest absolute Gasteiger partial charge is 0.465 e.